The van der Waals surface area contributed by atoms with E-state index in [9.17, 15) is 19.2 Å². The van der Waals surface area contributed by atoms with Gasteiger partial charge in [-0.1, -0.05) is 152 Å². The van der Waals surface area contributed by atoms with Crippen molar-refractivity contribution < 1.29 is 28.7 Å². The van der Waals surface area contributed by atoms with E-state index in [2.05, 4.69) is 0 Å². The Labute approximate surface area is 281 Å². The number of ether oxygens (including phenoxy) is 2. The van der Waals surface area contributed by atoms with E-state index in [1.165, 1.54) is 0 Å². The molecule has 7 heteroatoms. The standard InChI is InChI=1S/C41H37O6P/c1-3-46-40(44)36(35(37(42)30-20-10-5-11-21-30)38(43)31-22-12-6-13-23-31)39(41(45)47-4-2)48(32-24-14-7-15-25-32,33-26-16-8-17-27-33)34-28-18-9-19-29-34/h5-29,35-36H,3-4H2,1-2H3/t36-/m1/s1. The van der Waals surface area contributed by atoms with E-state index in [1.54, 1.807) is 74.5 Å². The molecule has 0 spiro atoms. The van der Waals surface area contributed by atoms with E-state index < -0.39 is 42.2 Å². The summed E-state index contributed by atoms with van der Waals surface area (Å²) in [7, 11) is 0. The first kappa shape index (κ1) is 34.0. The van der Waals surface area contributed by atoms with Gasteiger partial charge in [0.05, 0.1) is 18.5 Å². The third-order valence-electron chi connectivity index (χ3n) is 8.13. The normalized spacial score (nSPS) is 11.7. The van der Waals surface area contributed by atoms with Crippen molar-refractivity contribution in [3.8, 4) is 0 Å². The molecule has 0 aliphatic heterocycles. The number of carbonyl (C=O) groups excluding carboxylic acids is 4. The maximum absolute atomic E-state index is 14.8. The predicted molar refractivity (Wildman–Crippen MR) is 192 cm³/mol. The largest absolute Gasteiger partial charge is 0.465 e. The summed E-state index contributed by atoms with van der Waals surface area (Å²) in [5.41, 5.74) is 0.458. The Kier molecular flexibility index (Phi) is 11.3. The van der Waals surface area contributed by atoms with Crippen LogP contribution in [0.15, 0.2) is 152 Å². The van der Waals surface area contributed by atoms with Crippen LogP contribution < -0.4 is 15.9 Å². The lowest BCUT2D eigenvalue weighted by Gasteiger charge is -2.36. The maximum Gasteiger partial charge on any atom is 0.335 e. The number of carbonyl (C=O) groups is 4. The van der Waals surface area contributed by atoms with Crippen LogP contribution in [0, 0.1) is 11.8 Å². The highest BCUT2D eigenvalue weighted by atomic mass is 31.2. The van der Waals surface area contributed by atoms with Gasteiger partial charge in [0.1, 0.15) is 11.8 Å². The molecule has 0 amide bonds. The first-order valence-electron chi connectivity index (χ1n) is 15.9. The lowest BCUT2D eigenvalue weighted by atomic mass is 9.78. The number of Topliss-reactive ketones (excluding diaryl/α,β-unsaturated/α-hetero) is 2. The summed E-state index contributed by atoms with van der Waals surface area (Å²) in [4.78, 5) is 58.9. The summed E-state index contributed by atoms with van der Waals surface area (Å²) in [6.45, 7) is -0.0617. The zero-order chi connectivity index (χ0) is 33.9. The second kappa shape index (κ2) is 16.0. The lowest BCUT2D eigenvalue weighted by Crippen LogP contribution is -2.48. The van der Waals surface area contributed by atoms with Gasteiger partial charge in [0, 0.05) is 11.1 Å². The van der Waals surface area contributed by atoms with Crippen LogP contribution in [-0.2, 0) is 19.1 Å². The number of esters is 2. The molecule has 0 aliphatic rings. The van der Waals surface area contributed by atoms with Gasteiger partial charge in [0.25, 0.3) is 0 Å². The van der Waals surface area contributed by atoms with E-state index in [0.29, 0.717) is 0 Å². The maximum atomic E-state index is 14.8. The second-order valence-corrected chi connectivity index (χ2v) is 14.3. The van der Waals surface area contributed by atoms with Crippen LogP contribution in [0.25, 0.3) is 0 Å². The highest BCUT2D eigenvalue weighted by Crippen LogP contribution is 2.49. The topological polar surface area (TPSA) is 86.7 Å². The van der Waals surface area contributed by atoms with Crippen LogP contribution in [0.5, 0.6) is 0 Å². The monoisotopic (exact) mass is 656 g/mol. The van der Waals surface area contributed by atoms with Gasteiger partial charge in [-0.05, 0) is 36.6 Å². The van der Waals surface area contributed by atoms with E-state index in [0.717, 1.165) is 15.9 Å². The number of benzene rings is 5. The van der Waals surface area contributed by atoms with Gasteiger partial charge < -0.3 is 9.47 Å². The van der Waals surface area contributed by atoms with E-state index >= 15 is 0 Å². The number of ketones is 2. The van der Waals surface area contributed by atoms with Crippen molar-refractivity contribution in [3.63, 3.8) is 0 Å². The first-order valence-corrected chi connectivity index (χ1v) is 17.7. The molecule has 0 saturated heterocycles. The predicted octanol–water partition coefficient (Wildman–Crippen LogP) is 6.28. The van der Waals surface area contributed by atoms with Crippen LogP contribution in [0.2, 0.25) is 0 Å². The Hall–Kier alpha value is -5.32. The van der Waals surface area contributed by atoms with Gasteiger partial charge >= 0.3 is 11.9 Å². The van der Waals surface area contributed by atoms with Crippen LogP contribution in [0.3, 0.4) is 0 Å². The fourth-order valence-corrected chi connectivity index (χ4v) is 10.7. The minimum atomic E-state index is -3.36. The molecular weight excluding hydrogens is 619 g/mol. The van der Waals surface area contributed by atoms with Gasteiger partial charge in [0.2, 0.25) is 0 Å². The summed E-state index contributed by atoms with van der Waals surface area (Å²) in [6.07, 6.45) is 0. The van der Waals surface area contributed by atoms with Crippen LogP contribution in [0.1, 0.15) is 34.6 Å². The van der Waals surface area contributed by atoms with Crippen molar-refractivity contribution in [2.24, 2.45) is 11.8 Å². The minimum Gasteiger partial charge on any atom is -0.465 e. The summed E-state index contributed by atoms with van der Waals surface area (Å²) in [6, 6.07) is 45.1. The van der Waals surface area contributed by atoms with Crippen molar-refractivity contribution in [2.75, 3.05) is 13.2 Å². The number of hydrogen-bond donors (Lipinski definition) is 0. The average Bonchev–Trinajstić information content (AvgIpc) is 3.14. The molecule has 0 aliphatic carbocycles. The molecule has 0 unspecified atom stereocenters. The van der Waals surface area contributed by atoms with Gasteiger partial charge in [0.15, 0.2) is 11.6 Å². The highest BCUT2D eigenvalue weighted by Gasteiger charge is 2.49. The van der Waals surface area contributed by atoms with Crippen LogP contribution in [-0.4, -0.2) is 42.0 Å². The zero-order valence-corrected chi connectivity index (χ0v) is 27.8. The van der Waals surface area contributed by atoms with E-state index in [4.69, 9.17) is 9.47 Å². The van der Waals surface area contributed by atoms with Crippen LogP contribution in [0.4, 0.5) is 0 Å². The molecule has 48 heavy (non-hydrogen) atoms. The number of hydrogen-bond acceptors (Lipinski definition) is 6. The Morgan fingerprint density at radius 1 is 0.479 bits per heavy atom. The van der Waals surface area contributed by atoms with Crippen molar-refractivity contribution >= 4 is 51.6 Å². The molecule has 242 valence electrons. The molecular formula is C41H37O6P. The Bertz CT molecular complexity index is 1750. The Morgan fingerprint density at radius 2 is 0.812 bits per heavy atom. The molecule has 5 aromatic carbocycles. The van der Waals surface area contributed by atoms with Crippen molar-refractivity contribution in [1.29, 1.82) is 0 Å². The molecule has 5 aromatic rings. The third kappa shape index (κ3) is 6.85. The molecule has 0 saturated carbocycles. The average molecular weight is 657 g/mol. The highest BCUT2D eigenvalue weighted by molar-refractivity contribution is 7.96. The van der Waals surface area contributed by atoms with Crippen molar-refractivity contribution in [2.45, 2.75) is 13.8 Å². The van der Waals surface area contributed by atoms with Gasteiger partial charge in [-0.2, -0.15) is 0 Å². The third-order valence-corrected chi connectivity index (χ3v) is 12.5. The number of rotatable bonds is 13. The summed E-state index contributed by atoms with van der Waals surface area (Å²) in [5.74, 6) is -6.12. The summed E-state index contributed by atoms with van der Waals surface area (Å²) in [5, 5.41) is 2.26. The molecule has 0 bridgehead atoms. The quantitative estimate of drug-likeness (QED) is 0.0642. The van der Waals surface area contributed by atoms with Crippen molar-refractivity contribution in [1.82, 2.24) is 0 Å². The van der Waals surface area contributed by atoms with E-state index in [-0.39, 0.29) is 29.6 Å². The molecule has 0 aromatic heterocycles. The Morgan fingerprint density at radius 3 is 1.15 bits per heavy atom. The SMILES string of the molecule is CCOC(=O)C([C@H](C(=O)OCC)C(C(=O)c1ccccc1)C(=O)c1ccccc1)=P(c1ccccc1)(c1ccccc1)c1ccccc1. The van der Waals surface area contributed by atoms with Crippen molar-refractivity contribution in [3.05, 3.63) is 163 Å². The molecule has 0 radical (unpaired) electrons. The van der Waals surface area contributed by atoms with E-state index in [1.807, 2.05) is 91.0 Å². The molecule has 6 nitrogen and oxygen atoms in total. The van der Waals surface area contributed by atoms with Crippen LogP contribution >= 0.6 is 6.89 Å². The second-order valence-electron chi connectivity index (χ2n) is 11.0. The molecule has 0 N–H and O–H groups in total. The molecule has 1 atom stereocenters. The lowest BCUT2D eigenvalue weighted by molar-refractivity contribution is -0.147. The van der Waals surface area contributed by atoms with Gasteiger partial charge in [-0.25, -0.2) is 4.79 Å². The molecule has 0 fully saturated rings. The molecule has 0 heterocycles. The smallest absolute Gasteiger partial charge is 0.335 e. The first-order chi connectivity index (χ1) is 23.4. The molecule has 5 rings (SSSR count). The minimum absolute atomic E-state index is 0.000176. The van der Waals surface area contributed by atoms with Gasteiger partial charge in [-0.3, -0.25) is 14.4 Å². The Balaban J connectivity index is 2.04. The zero-order valence-electron chi connectivity index (χ0n) is 26.9. The van der Waals surface area contributed by atoms with Gasteiger partial charge in [-0.15, -0.1) is 0 Å². The fraction of sp³-hybridized carbons (Fsp3) is 0.146. The summed E-state index contributed by atoms with van der Waals surface area (Å²) >= 11 is 0. The fourth-order valence-electron chi connectivity index (χ4n) is 6.12. The summed E-state index contributed by atoms with van der Waals surface area (Å²) < 4.78 is 11.5.